The Kier molecular flexibility index (Phi) is 7.80. The number of thioether (sulfide) groups is 1. The fourth-order valence-corrected chi connectivity index (χ4v) is 11.6. The quantitative estimate of drug-likeness (QED) is 0.113. The van der Waals surface area contributed by atoms with Gasteiger partial charge in [-0.2, -0.15) is 0 Å². The summed E-state index contributed by atoms with van der Waals surface area (Å²) in [6.07, 6.45) is -1.01. The zero-order valence-corrected chi connectivity index (χ0v) is 27.9. The number of aromatic nitrogens is 3. The summed E-state index contributed by atoms with van der Waals surface area (Å²) >= 11 is 1.78. The molecular formula is C36H39N4O2SSi. The number of benzene rings is 4. The van der Waals surface area contributed by atoms with Crippen LogP contribution in [0.5, 0.6) is 0 Å². The van der Waals surface area contributed by atoms with Gasteiger partial charge in [-0.1, -0.05) is 115 Å². The van der Waals surface area contributed by atoms with Gasteiger partial charge in [0.2, 0.25) is 5.91 Å². The molecule has 6 rings (SSSR count). The molecule has 44 heavy (non-hydrogen) atoms. The molecule has 1 radical (unpaired) electrons. The molecule has 1 aliphatic rings. The lowest BCUT2D eigenvalue weighted by atomic mass is 9.82. The van der Waals surface area contributed by atoms with E-state index < -0.39 is 30.2 Å². The molecule has 3 atom stereocenters. The molecule has 1 aliphatic heterocycles. The van der Waals surface area contributed by atoms with E-state index in [1.54, 1.807) is 16.4 Å². The monoisotopic (exact) mass is 619 g/mol. The first-order valence-corrected chi connectivity index (χ1v) is 18.4. The van der Waals surface area contributed by atoms with E-state index in [4.69, 9.17) is 0 Å². The van der Waals surface area contributed by atoms with Crippen LogP contribution in [0.3, 0.4) is 0 Å². The van der Waals surface area contributed by atoms with E-state index in [0.717, 1.165) is 22.2 Å². The largest absolute Gasteiger partial charge is 0.387 e. The van der Waals surface area contributed by atoms with Crippen molar-refractivity contribution in [3.05, 3.63) is 131 Å². The Bertz CT molecular complexity index is 1680. The van der Waals surface area contributed by atoms with Gasteiger partial charge in [-0.15, -0.1) is 16.9 Å². The number of aryl methyl sites for hydroxylation is 1. The maximum Gasteiger partial charge on any atom is 0.233 e. The molecule has 0 bridgehead atoms. The molecule has 1 fully saturated rings. The molecular weight excluding hydrogens is 581 g/mol. The van der Waals surface area contributed by atoms with E-state index in [1.807, 2.05) is 48.3 Å². The smallest absolute Gasteiger partial charge is 0.233 e. The van der Waals surface area contributed by atoms with Crippen molar-refractivity contribution < 1.29 is 9.90 Å². The van der Waals surface area contributed by atoms with Crippen molar-refractivity contribution in [3.63, 3.8) is 0 Å². The first kappa shape index (κ1) is 30.3. The summed E-state index contributed by atoms with van der Waals surface area (Å²) in [7, 11) is 0.416. The highest BCUT2D eigenvalue weighted by Gasteiger charge is 2.70. The second kappa shape index (κ2) is 11.3. The van der Waals surface area contributed by atoms with Crippen LogP contribution in [0.4, 0.5) is 0 Å². The van der Waals surface area contributed by atoms with Gasteiger partial charge in [0.1, 0.15) is 5.52 Å². The minimum Gasteiger partial charge on any atom is -0.387 e. The van der Waals surface area contributed by atoms with Gasteiger partial charge in [0.25, 0.3) is 0 Å². The van der Waals surface area contributed by atoms with E-state index in [0.29, 0.717) is 11.1 Å². The number of hydrogen-bond donors (Lipinski definition) is 1. The van der Waals surface area contributed by atoms with Gasteiger partial charge in [0.05, 0.1) is 35.6 Å². The van der Waals surface area contributed by atoms with Gasteiger partial charge in [0.15, 0.2) is 0 Å². The summed E-state index contributed by atoms with van der Waals surface area (Å²) in [6.45, 7) is 10.6. The van der Waals surface area contributed by atoms with Crippen molar-refractivity contribution in [2.75, 3.05) is 0 Å². The van der Waals surface area contributed by atoms with Gasteiger partial charge in [0, 0.05) is 12.6 Å². The molecule has 0 aliphatic carbocycles. The SMILES string of the molecule is Cn1nnc2cc(C(O)C3([Si](C)C)C(=O)N(C(C)(C)C)C3SC(c3ccccc3)(c3ccccc3)c3ccccc3)ccc21. The topological polar surface area (TPSA) is 71.2 Å². The lowest BCUT2D eigenvalue weighted by Gasteiger charge is -2.64. The minimum absolute atomic E-state index is 0.0104. The predicted octanol–water partition coefficient (Wildman–Crippen LogP) is 7.19. The van der Waals surface area contributed by atoms with Crippen LogP contribution in [0.25, 0.3) is 11.0 Å². The van der Waals surface area contributed by atoms with Crippen LogP contribution >= 0.6 is 11.8 Å². The van der Waals surface area contributed by atoms with Crippen molar-refractivity contribution in [2.45, 2.75) is 60.7 Å². The zero-order chi connectivity index (χ0) is 31.3. The highest BCUT2D eigenvalue weighted by molar-refractivity contribution is 8.01. The lowest BCUT2D eigenvalue weighted by Crippen LogP contribution is -2.74. The molecule has 8 heteroatoms. The fraction of sp³-hybridized carbons (Fsp3) is 0.306. The molecule has 0 saturated carbocycles. The second-order valence-electron chi connectivity index (χ2n) is 12.8. The molecule has 1 N–H and O–H groups in total. The normalized spacial score (nSPS) is 19.8. The molecule has 1 aromatic heterocycles. The van der Waals surface area contributed by atoms with Gasteiger partial charge in [-0.05, 0) is 55.2 Å². The van der Waals surface area contributed by atoms with Crippen LogP contribution in [-0.2, 0) is 16.6 Å². The average Bonchev–Trinajstić information content (AvgIpc) is 3.39. The third-order valence-corrected chi connectivity index (χ3v) is 13.4. The number of nitrogens with zero attached hydrogens (tertiary/aromatic N) is 4. The van der Waals surface area contributed by atoms with Gasteiger partial charge in [-0.25, -0.2) is 4.68 Å². The summed E-state index contributed by atoms with van der Waals surface area (Å²) in [5, 5.41) is 19.6. The first-order valence-electron chi connectivity index (χ1n) is 15.0. The predicted molar refractivity (Wildman–Crippen MR) is 181 cm³/mol. The number of amides is 1. The Hall–Kier alpha value is -3.72. The molecule has 4 aromatic carbocycles. The number of β-lactam (4-membered cyclic amide) rings is 1. The Morgan fingerprint density at radius 2 is 1.34 bits per heavy atom. The van der Waals surface area contributed by atoms with Gasteiger partial charge >= 0.3 is 0 Å². The van der Waals surface area contributed by atoms with E-state index in [9.17, 15) is 9.90 Å². The number of carbonyl (C=O) groups is 1. The minimum atomic E-state index is -1.44. The molecule has 3 unspecified atom stereocenters. The highest BCUT2D eigenvalue weighted by Crippen LogP contribution is 2.67. The molecule has 2 heterocycles. The number of likely N-dealkylation sites (tertiary alicyclic amines) is 1. The van der Waals surface area contributed by atoms with Crippen molar-refractivity contribution in [3.8, 4) is 0 Å². The molecule has 225 valence electrons. The number of aliphatic hydroxyl groups is 1. The van der Waals surface area contributed by atoms with E-state index in [2.05, 4.69) is 117 Å². The summed E-state index contributed by atoms with van der Waals surface area (Å²) < 4.78 is 1.06. The van der Waals surface area contributed by atoms with Crippen molar-refractivity contribution in [1.82, 2.24) is 19.9 Å². The van der Waals surface area contributed by atoms with Gasteiger partial charge in [-0.3, -0.25) is 4.79 Å². The van der Waals surface area contributed by atoms with Gasteiger partial charge < -0.3 is 10.0 Å². The Labute approximate surface area is 265 Å². The number of hydrogen-bond acceptors (Lipinski definition) is 5. The standard InChI is InChI=1S/C36H39N4O2SSi/c1-34(2,3)40-32(42)36(44(5)6,31(41)25-22-23-30-29(24-25)37-38-39(30)4)33(40)43-35(26-16-10-7-11-17-26,27-18-12-8-13-19-27)28-20-14-9-15-21-28/h7-24,31,33,41H,1-6H3. The summed E-state index contributed by atoms with van der Waals surface area (Å²) in [5.74, 6) is 0.0104. The van der Waals surface area contributed by atoms with Crippen LogP contribution in [0.1, 0.15) is 49.1 Å². The fourth-order valence-electron chi connectivity index (χ4n) is 6.72. The van der Waals surface area contributed by atoms with E-state index >= 15 is 0 Å². The van der Waals surface area contributed by atoms with Crippen molar-refractivity contribution in [1.29, 1.82) is 0 Å². The number of fused-ring (bicyclic) bond motifs is 1. The van der Waals surface area contributed by atoms with Crippen LogP contribution in [0.15, 0.2) is 109 Å². The molecule has 0 spiro atoms. The van der Waals surface area contributed by atoms with E-state index in [1.165, 1.54) is 0 Å². The summed E-state index contributed by atoms with van der Waals surface area (Å²) in [5.41, 5.74) is 5.20. The average molecular weight is 620 g/mol. The lowest BCUT2D eigenvalue weighted by molar-refractivity contribution is -0.164. The number of carbonyl (C=O) groups excluding carboxylic acids is 1. The third kappa shape index (κ3) is 4.62. The first-order chi connectivity index (χ1) is 21.0. The maximum atomic E-state index is 14.7. The molecule has 5 aromatic rings. The Balaban J connectivity index is 1.60. The van der Waals surface area contributed by atoms with Crippen LogP contribution < -0.4 is 0 Å². The number of rotatable bonds is 8. The van der Waals surface area contributed by atoms with Crippen molar-refractivity contribution >= 4 is 37.5 Å². The zero-order valence-electron chi connectivity index (χ0n) is 26.1. The number of aliphatic hydroxyl groups excluding tert-OH is 1. The Morgan fingerprint density at radius 3 is 1.80 bits per heavy atom. The van der Waals surface area contributed by atoms with Crippen LogP contribution in [0.2, 0.25) is 18.1 Å². The molecule has 1 amide bonds. The summed E-state index contributed by atoms with van der Waals surface area (Å²) in [6, 6.07) is 37.4. The molecule has 1 saturated heterocycles. The second-order valence-corrected chi connectivity index (χ2v) is 17.0. The molecule has 6 nitrogen and oxygen atoms in total. The third-order valence-electron chi connectivity index (χ3n) is 8.96. The van der Waals surface area contributed by atoms with Crippen molar-refractivity contribution in [2.24, 2.45) is 7.05 Å². The van der Waals surface area contributed by atoms with Crippen LogP contribution in [-0.4, -0.2) is 50.6 Å². The highest BCUT2D eigenvalue weighted by atomic mass is 32.2. The Morgan fingerprint density at radius 1 is 0.841 bits per heavy atom. The van der Waals surface area contributed by atoms with E-state index in [-0.39, 0.29) is 11.3 Å². The maximum absolute atomic E-state index is 14.7. The van der Waals surface area contributed by atoms with Crippen LogP contribution in [0, 0.1) is 0 Å². The summed E-state index contributed by atoms with van der Waals surface area (Å²) in [4.78, 5) is 16.7.